The fraction of sp³-hybridized carbons (Fsp3) is 0.550. The fourth-order valence-corrected chi connectivity index (χ4v) is 5.12. The van der Waals surface area contributed by atoms with Gasteiger partial charge in [-0.2, -0.15) is 13.2 Å². The maximum absolute atomic E-state index is 13.2. The SMILES string of the molecule is O=C(c1ccccc1C(F)(F)F)N1CCN(c2nnc(C3CCCCC3)s2)CC1. The number of halogens is 3. The standard InChI is InChI=1S/C20H23F3N4OS/c21-20(22,23)16-9-5-4-8-15(16)18(28)26-10-12-27(13-11-26)19-25-24-17(29-19)14-6-2-1-3-7-14/h4-5,8-9,14H,1-3,6-7,10-13H2. The Labute approximate surface area is 171 Å². The second kappa shape index (κ2) is 8.30. The van der Waals surface area contributed by atoms with E-state index in [2.05, 4.69) is 15.1 Å². The minimum absolute atomic E-state index is 0.288. The van der Waals surface area contributed by atoms with Crippen molar-refractivity contribution in [2.24, 2.45) is 0 Å². The average Bonchev–Trinajstić information content (AvgIpc) is 3.24. The highest BCUT2D eigenvalue weighted by Crippen LogP contribution is 2.36. The molecular formula is C20H23F3N4OS. The summed E-state index contributed by atoms with van der Waals surface area (Å²) in [5.74, 6) is -0.0746. The predicted octanol–water partition coefficient (Wildman–Crippen LogP) is 4.57. The largest absolute Gasteiger partial charge is 0.417 e. The number of carbonyl (C=O) groups is 1. The summed E-state index contributed by atoms with van der Waals surface area (Å²) in [6.07, 6.45) is 1.54. The van der Waals surface area contributed by atoms with Crippen molar-refractivity contribution in [3.05, 3.63) is 40.4 Å². The van der Waals surface area contributed by atoms with E-state index in [4.69, 9.17) is 0 Å². The molecule has 1 amide bonds. The van der Waals surface area contributed by atoms with E-state index in [9.17, 15) is 18.0 Å². The number of rotatable bonds is 3. The zero-order valence-corrected chi connectivity index (χ0v) is 16.8. The van der Waals surface area contributed by atoms with Crippen molar-refractivity contribution in [2.45, 2.75) is 44.2 Å². The second-order valence-electron chi connectivity index (χ2n) is 7.58. The van der Waals surface area contributed by atoms with Crippen LogP contribution in [0.25, 0.3) is 0 Å². The molecule has 0 radical (unpaired) electrons. The fourth-order valence-electron chi connectivity index (χ4n) is 4.06. The molecule has 0 spiro atoms. The Bertz CT molecular complexity index is 855. The van der Waals surface area contributed by atoms with Crippen LogP contribution in [0.5, 0.6) is 0 Å². The summed E-state index contributed by atoms with van der Waals surface area (Å²) >= 11 is 1.61. The lowest BCUT2D eigenvalue weighted by molar-refractivity contribution is -0.138. The van der Waals surface area contributed by atoms with Crippen LogP contribution in [0.1, 0.15) is 59.0 Å². The highest BCUT2D eigenvalue weighted by molar-refractivity contribution is 7.15. The summed E-state index contributed by atoms with van der Waals surface area (Å²) in [4.78, 5) is 16.3. The second-order valence-corrected chi connectivity index (χ2v) is 8.57. The molecule has 1 aromatic heterocycles. The molecule has 9 heteroatoms. The third kappa shape index (κ3) is 4.39. The van der Waals surface area contributed by atoms with Crippen molar-refractivity contribution >= 4 is 22.4 Å². The Morgan fingerprint density at radius 1 is 1.00 bits per heavy atom. The summed E-state index contributed by atoms with van der Waals surface area (Å²) < 4.78 is 39.7. The van der Waals surface area contributed by atoms with Gasteiger partial charge in [0, 0.05) is 32.1 Å². The zero-order chi connectivity index (χ0) is 20.4. The molecule has 0 bridgehead atoms. The molecule has 156 valence electrons. The van der Waals surface area contributed by atoms with Crippen LogP contribution < -0.4 is 4.90 Å². The van der Waals surface area contributed by atoms with Crippen LogP contribution in [-0.4, -0.2) is 47.2 Å². The molecule has 5 nitrogen and oxygen atoms in total. The van der Waals surface area contributed by atoms with E-state index in [1.807, 2.05) is 0 Å². The van der Waals surface area contributed by atoms with Gasteiger partial charge in [0.05, 0.1) is 11.1 Å². The number of aromatic nitrogens is 2. The van der Waals surface area contributed by atoms with Crippen LogP contribution in [0.15, 0.2) is 24.3 Å². The number of carbonyl (C=O) groups excluding carboxylic acids is 1. The monoisotopic (exact) mass is 424 g/mol. The van der Waals surface area contributed by atoms with Crippen molar-refractivity contribution in [2.75, 3.05) is 31.1 Å². The average molecular weight is 424 g/mol. The lowest BCUT2D eigenvalue weighted by Crippen LogP contribution is -2.49. The summed E-state index contributed by atoms with van der Waals surface area (Å²) in [6.45, 7) is 1.81. The summed E-state index contributed by atoms with van der Waals surface area (Å²) in [6, 6.07) is 4.97. The predicted molar refractivity (Wildman–Crippen MR) is 105 cm³/mol. The van der Waals surface area contributed by atoms with Crippen LogP contribution in [0.4, 0.5) is 18.3 Å². The molecule has 0 N–H and O–H groups in total. The van der Waals surface area contributed by atoms with Gasteiger partial charge in [0.1, 0.15) is 5.01 Å². The Balaban J connectivity index is 1.40. The molecule has 2 aliphatic rings. The Morgan fingerprint density at radius 3 is 2.38 bits per heavy atom. The number of hydrogen-bond acceptors (Lipinski definition) is 5. The first-order valence-corrected chi connectivity index (χ1v) is 10.8. The van der Waals surface area contributed by atoms with Crippen molar-refractivity contribution in [3.8, 4) is 0 Å². The molecular weight excluding hydrogens is 401 g/mol. The van der Waals surface area contributed by atoms with Gasteiger partial charge in [-0.05, 0) is 25.0 Å². The van der Waals surface area contributed by atoms with E-state index < -0.39 is 17.6 Å². The summed E-state index contributed by atoms with van der Waals surface area (Å²) in [5, 5.41) is 10.6. The Kier molecular flexibility index (Phi) is 5.76. The first kappa shape index (κ1) is 20.1. The normalized spacial score (nSPS) is 18.9. The lowest BCUT2D eigenvalue weighted by atomic mass is 9.90. The van der Waals surface area contributed by atoms with Crippen molar-refractivity contribution in [3.63, 3.8) is 0 Å². The van der Waals surface area contributed by atoms with E-state index in [0.717, 1.165) is 29.0 Å². The maximum Gasteiger partial charge on any atom is 0.417 e. The number of anilines is 1. The van der Waals surface area contributed by atoms with Gasteiger partial charge < -0.3 is 9.80 Å². The number of piperazine rings is 1. The number of benzene rings is 1. The third-order valence-corrected chi connectivity index (χ3v) is 6.83. The Hall–Kier alpha value is -2.16. The van der Waals surface area contributed by atoms with E-state index in [1.165, 1.54) is 42.4 Å². The molecule has 0 unspecified atom stereocenters. The minimum atomic E-state index is -4.55. The van der Waals surface area contributed by atoms with Crippen molar-refractivity contribution < 1.29 is 18.0 Å². The van der Waals surface area contributed by atoms with Gasteiger partial charge in [-0.15, -0.1) is 10.2 Å². The summed E-state index contributed by atoms with van der Waals surface area (Å²) in [7, 11) is 0. The number of alkyl halides is 3. The number of nitrogens with zero attached hydrogens (tertiary/aromatic N) is 4. The van der Waals surface area contributed by atoms with Crippen LogP contribution in [0, 0.1) is 0 Å². The van der Waals surface area contributed by atoms with E-state index >= 15 is 0 Å². The smallest absolute Gasteiger partial charge is 0.343 e. The third-order valence-electron chi connectivity index (χ3n) is 5.68. The lowest BCUT2D eigenvalue weighted by Gasteiger charge is -2.34. The van der Waals surface area contributed by atoms with Gasteiger partial charge in [-0.1, -0.05) is 42.7 Å². The van der Waals surface area contributed by atoms with Crippen LogP contribution in [0.3, 0.4) is 0 Å². The summed E-state index contributed by atoms with van der Waals surface area (Å²) in [5.41, 5.74) is -1.17. The van der Waals surface area contributed by atoms with Gasteiger partial charge in [0.2, 0.25) is 5.13 Å². The molecule has 1 saturated heterocycles. The first-order valence-electron chi connectivity index (χ1n) is 9.97. The molecule has 1 aliphatic heterocycles. The molecule has 29 heavy (non-hydrogen) atoms. The molecule has 2 aromatic rings. The number of amides is 1. The topological polar surface area (TPSA) is 49.3 Å². The maximum atomic E-state index is 13.2. The highest BCUT2D eigenvalue weighted by Gasteiger charge is 2.36. The van der Waals surface area contributed by atoms with Crippen molar-refractivity contribution in [1.29, 1.82) is 0 Å². The van der Waals surface area contributed by atoms with E-state index in [1.54, 1.807) is 11.3 Å². The molecule has 4 rings (SSSR count). The molecule has 0 atom stereocenters. The Morgan fingerprint density at radius 2 is 1.69 bits per heavy atom. The first-order chi connectivity index (χ1) is 13.9. The van der Waals surface area contributed by atoms with Gasteiger partial charge in [-0.25, -0.2) is 0 Å². The van der Waals surface area contributed by atoms with Crippen LogP contribution >= 0.6 is 11.3 Å². The van der Waals surface area contributed by atoms with Crippen molar-refractivity contribution in [1.82, 2.24) is 15.1 Å². The highest BCUT2D eigenvalue weighted by atomic mass is 32.1. The van der Waals surface area contributed by atoms with Gasteiger partial charge >= 0.3 is 6.18 Å². The quantitative estimate of drug-likeness (QED) is 0.725. The molecule has 1 aromatic carbocycles. The van der Waals surface area contributed by atoms with Gasteiger partial charge in [-0.3, -0.25) is 4.79 Å². The van der Waals surface area contributed by atoms with Crippen LogP contribution in [-0.2, 0) is 6.18 Å². The molecule has 1 aliphatic carbocycles. The van der Waals surface area contributed by atoms with Gasteiger partial charge in [0.15, 0.2) is 0 Å². The molecule has 1 saturated carbocycles. The van der Waals surface area contributed by atoms with Gasteiger partial charge in [0.25, 0.3) is 5.91 Å². The molecule has 2 fully saturated rings. The van der Waals surface area contributed by atoms with E-state index in [-0.39, 0.29) is 5.56 Å². The zero-order valence-electron chi connectivity index (χ0n) is 16.0. The minimum Gasteiger partial charge on any atom is -0.343 e. The number of hydrogen-bond donors (Lipinski definition) is 0. The molecule has 2 heterocycles. The van der Waals surface area contributed by atoms with E-state index in [0.29, 0.717) is 32.1 Å². The van der Waals surface area contributed by atoms with Crippen LogP contribution in [0.2, 0.25) is 0 Å².